The van der Waals surface area contributed by atoms with Crippen LogP contribution < -0.4 is 24.0 Å². The van der Waals surface area contributed by atoms with Gasteiger partial charge in [-0.2, -0.15) is 0 Å². The summed E-state index contributed by atoms with van der Waals surface area (Å²) in [6.07, 6.45) is 8.08. The number of carboxylic acid groups (broad SMARTS) is 2. The summed E-state index contributed by atoms with van der Waals surface area (Å²) in [6.45, 7) is 5.21. The molecule has 0 aliphatic heterocycles. The van der Waals surface area contributed by atoms with Crippen molar-refractivity contribution in [1.82, 2.24) is 0 Å². The third-order valence-corrected chi connectivity index (χ3v) is 4.44. The van der Waals surface area contributed by atoms with Gasteiger partial charge in [-0.25, -0.2) is 4.79 Å². The van der Waals surface area contributed by atoms with E-state index in [-0.39, 0.29) is 42.7 Å². The summed E-state index contributed by atoms with van der Waals surface area (Å²) >= 11 is 0. The van der Waals surface area contributed by atoms with Crippen molar-refractivity contribution >= 4 is 11.9 Å². The van der Waals surface area contributed by atoms with Crippen molar-refractivity contribution in [2.24, 2.45) is 0 Å². The van der Waals surface area contributed by atoms with E-state index in [0.29, 0.717) is 6.42 Å². The molecule has 0 saturated heterocycles. The maximum Gasteiger partial charge on any atom is 1.00 e. The Labute approximate surface area is 157 Å². The summed E-state index contributed by atoms with van der Waals surface area (Å²) in [5.41, 5.74) is 0. The molecule has 0 saturated carbocycles. The van der Waals surface area contributed by atoms with Crippen molar-refractivity contribution in [2.45, 2.75) is 71.4 Å². The van der Waals surface area contributed by atoms with Gasteiger partial charge in [0.1, 0.15) is 6.04 Å². The summed E-state index contributed by atoms with van der Waals surface area (Å²) < 4.78 is -0.386. The van der Waals surface area contributed by atoms with Crippen LogP contribution in [0.1, 0.15) is 59.3 Å². The minimum Gasteiger partial charge on any atom is -0.544 e. The van der Waals surface area contributed by atoms with E-state index in [0.717, 1.165) is 19.3 Å². The largest absolute Gasteiger partial charge is 1.00 e. The number of carbonyl (C=O) groups excluding carboxylic acids is 1. The molecule has 0 radical (unpaired) electrons. The first kappa shape index (κ1) is 25.4. The predicted octanol–water partition coefficient (Wildman–Crippen LogP) is -1.71. The number of hydrogen-bond acceptors (Lipinski definition) is 4. The fourth-order valence-electron chi connectivity index (χ4n) is 3.17. The van der Waals surface area contributed by atoms with Crippen LogP contribution in [0.15, 0.2) is 12.2 Å². The summed E-state index contributed by atoms with van der Waals surface area (Å²) in [7, 11) is 0. The Bertz CT molecular complexity index is 378. The molecule has 3 atom stereocenters. The van der Waals surface area contributed by atoms with Crippen molar-refractivity contribution in [1.29, 1.82) is 0 Å². The Morgan fingerprint density at radius 3 is 2.00 bits per heavy atom. The van der Waals surface area contributed by atoms with Gasteiger partial charge in [0.15, 0.2) is 12.8 Å². The minimum atomic E-state index is -1.31. The molecule has 0 bridgehead atoms. The number of aliphatic hydroxyl groups excluding tert-OH is 1. The van der Waals surface area contributed by atoms with E-state index in [2.05, 4.69) is 6.92 Å². The molecule has 0 amide bonds. The van der Waals surface area contributed by atoms with Gasteiger partial charge in [0, 0.05) is 19.3 Å². The zero-order chi connectivity index (χ0) is 17.9. The number of quaternary nitrogens is 1. The molecule has 3 unspecified atom stereocenters. The predicted molar refractivity (Wildman–Crippen MR) is 86.3 cm³/mol. The SMILES string of the molecule is CCCC/C=C/CC[N+](CO)(C(CC)C(=O)[O-])C(CC)C(=O)O.[Li+]. The molecular weight excluding hydrogens is 305 g/mol. The fourth-order valence-corrected chi connectivity index (χ4v) is 3.17. The maximum absolute atomic E-state index is 11.6. The third kappa shape index (κ3) is 6.98. The Kier molecular flexibility index (Phi) is 14.3. The summed E-state index contributed by atoms with van der Waals surface area (Å²) in [6, 6.07) is -2.00. The second-order valence-electron chi connectivity index (χ2n) is 5.88. The van der Waals surface area contributed by atoms with Gasteiger partial charge >= 0.3 is 24.8 Å². The maximum atomic E-state index is 11.6. The van der Waals surface area contributed by atoms with Crippen LogP contribution in [0, 0.1) is 0 Å². The molecule has 6 nitrogen and oxygen atoms in total. The van der Waals surface area contributed by atoms with Crippen LogP contribution in [0.5, 0.6) is 0 Å². The number of rotatable bonds is 13. The number of allylic oxidation sites excluding steroid dienone is 1. The van der Waals surface area contributed by atoms with Gasteiger partial charge in [-0.15, -0.1) is 0 Å². The van der Waals surface area contributed by atoms with Crippen LogP contribution in [0.25, 0.3) is 0 Å². The summed E-state index contributed by atoms with van der Waals surface area (Å²) in [5, 5.41) is 30.9. The number of unbranched alkanes of at least 4 members (excludes halogenated alkanes) is 2. The normalized spacial score (nSPS) is 16.2. The van der Waals surface area contributed by atoms with Crippen LogP contribution in [-0.4, -0.2) is 52.0 Å². The minimum absolute atomic E-state index is 0. The Morgan fingerprint density at radius 2 is 1.62 bits per heavy atom. The molecule has 7 heteroatoms. The number of carbonyl (C=O) groups is 2. The molecule has 0 heterocycles. The van der Waals surface area contributed by atoms with Gasteiger partial charge in [0.05, 0.1) is 12.5 Å². The summed E-state index contributed by atoms with van der Waals surface area (Å²) in [4.78, 5) is 23.1. The Balaban J connectivity index is 0. The van der Waals surface area contributed by atoms with Gasteiger partial charge in [-0.05, 0) is 6.42 Å². The van der Waals surface area contributed by atoms with E-state index >= 15 is 0 Å². The van der Waals surface area contributed by atoms with Crippen LogP contribution in [0.3, 0.4) is 0 Å². The molecule has 2 N–H and O–H groups in total. The van der Waals surface area contributed by atoms with E-state index in [9.17, 15) is 24.9 Å². The van der Waals surface area contributed by atoms with Crippen LogP contribution in [0.4, 0.5) is 0 Å². The number of aliphatic carboxylic acids is 2. The van der Waals surface area contributed by atoms with Crippen LogP contribution >= 0.6 is 0 Å². The molecule has 0 aromatic carbocycles. The smallest absolute Gasteiger partial charge is 0.544 e. The molecule has 0 aromatic rings. The quantitative estimate of drug-likeness (QED) is 0.137. The van der Waals surface area contributed by atoms with Crippen molar-refractivity contribution in [2.75, 3.05) is 13.3 Å². The topological polar surface area (TPSA) is 97.7 Å². The first-order valence-corrected chi connectivity index (χ1v) is 8.47. The zero-order valence-electron chi connectivity index (χ0n) is 15.5. The zero-order valence-corrected chi connectivity index (χ0v) is 15.5. The molecule has 24 heavy (non-hydrogen) atoms. The average molecular weight is 336 g/mol. The number of carboxylic acids is 2. The third-order valence-electron chi connectivity index (χ3n) is 4.44. The Hall–Kier alpha value is -0.803. The van der Waals surface area contributed by atoms with Crippen LogP contribution in [0.2, 0.25) is 0 Å². The van der Waals surface area contributed by atoms with Gasteiger partial charge < -0.3 is 20.1 Å². The molecule has 0 aliphatic carbocycles. The molecule has 0 spiro atoms. The first-order valence-electron chi connectivity index (χ1n) is 8.47. The van der Waals surface area contributed by atoms with E-state index in [1.54, 1.807) is 13.8 Å². The number of hydrogen-bond donors (Lipinski definition) is 2. The van der Waals surface area contributed by atoms with Crippen molar-refractivity contribution in [3.8, 4) is 0 Å². The van der Waals surface area contributed by atoms with Gasteiger partial charge in [-0.3, -0.25) is 4.48 Å². The van der Waals surface area contributed by atoms with Crippen molar-refractivity contribution in [3.63, 3.8) is 0 Å². The van der Waals surface area contributed by atoms with Crippen LogP contribution in [-0.2, 0) is 9.59 Å². The Morgan fingerprint density at radius 1 is 1.08 bits per heavy atom. The molecule has 0 aliphatic rings. The van der Waals surface area contributed by atoms with Crippen molar-refractivity contribution in [3.05, 3.63) is 12.2 Å². The van der Waals surface area contributed by atoms with E-state index < -0.39 is 30.8 Å². The van der Waals surface area contributed by atoms with Crippen molar-refractivity contribution < 1.29 is 48.3 Å². The standard InChI is InChI=1S/C17H31NO5.Li/c1-4-7-8-9-10-11-12-18(13-19,14(5-2)16(20)21)15(6-3)17(22)23;/h9-10,14-15,19H,4-8,11-13H2,1-3H3,(H-,20,21,22,23);/q;+1/b10-9+;. The number of nitrogens with zero attached hydrogens (tertiary/aromatic N) is 1. The average Bonchev–Trinajstić information content (AvgIpc) is 2.50. The van der Waals surface area contributed by atoms with E-state index in [4.69, 9.17) is 0 Å². The molecular formula is C17H31LiNO5+. The second-order valence-corrected chi connectivity index (χ2v) is 5.88. The molecule has 134 valence electrons. The second kappa shape index (κ2) is 13.5. The van der Waals surface area contributed by atoms with E-state index in [1.807, 2.05) is 12.2 Å². The number of aliphatic hydroxyl groups is 1. The van der Waals surface area contributed by atoms with Gasteiger partial charge in [0.25, 0.3) is 0 Å². The summed E-state index contributed by atoms with van der Waals surface area (Å²) in [5.74, 6) is -2.40. The van der Waals surface area contributed by atoms with E-state index in [1.165, 1.54) is 0 Å². The first-order chi connectivity index (χ1) is 10.9. The molecule has 0 aromatic heterocycles. The van der Waals surface area contributed by atoms with Gasteiger partial charge in [0.2, 0.25) is 0 Å². The van der Waals surface area contributed by atoms with Gasteiger partial charge in [-0.1, -0.05) is 45.8 Å². The monoisotopic (exact) mass is 336 g/mol. The molecule has 0 rings (SSSR count). The molecule has 0 fully saturated rings. The fraction of sp³-hybridized carbons (Fsp3) is 0.765.